The smallest absolute Gasteiger partial charge is 0.386 e. The van der Waals surface area contributed by atoms with Gasteiger partial charge < -0.3 is 9.47 Å². The van der Waals surface area contributed by atoms with Gasteiger partial charge in [0.15, 0.2) is 0 Å². The molecule has 0 saturated heterocycles. The van der Waals surface area contributed by atoms with Gasteiger partial charge in [0.05, 0.1) is 5.41 Å². The number of aryl methyl sites for hydroxylation is 6. The van der Waals surface area contributed by atoms with E-state index in [1.165, 1.54) is 100 Å². The van der Waals surface area contributed by atoms with E-state index in [1.54, 1.807) is 28.4 Å². The summed E-state index contributed by atoms with van der Waals surface area (Å²) in [4.78, 5) is 0. The molecule has 0 aromatic heterocycles. The molecule has 2 aliphatic carbocycles. The largest absolute Gasteiger partial charge is 0.388 e. The van der Waals surface area contributed by atoms with Crippen LogP contribution in [0.25, 0.3) is 33.4 Å². The van der Waals surface area contributed by atoms with E-state index in [1.807, 2.05) is 156 Å². The Kier molecular flexibility index (Phi) is 58.8. The van der Waals surface area contributed by atoms with Gasteiger partial charge in [0.2, 0.25) is 0 Å². The van der Waals surface area contributed by atoms with Gasteiger partial charge in [0.1, 0.15) is 0 Å². The third kappa shape index (κ3) is 41.1. The molecule has 0 atom stereocenters. The molecule has 0 aliphatic heterocycles. The first-order valence-electron chi connectivity index (χ1n) is 38.4. The molecule has 14 rings (SSSR count). The van der Waals surface area contributed by atoms with Crippen molar-refractivity contribution in [2.45, 2.75) is 176 Å². The van der Waals surface area contributed by atoms with Crippen LogP contribution < -0.4 is 0 Å². The van der Waals surface area contributed by atoms with Crippen molar-refractivity contribution in [3.05, 3.63) is 394 Å². The van der Waals surface area contributed by atoms with Gasteiger partial charge in [-0.15, -0.1) is 0 Å². The van der Waals surface area contributed by atoms with Crippen LogP contribution in [0.4, 0.5) is 26.3 Å². The van der Waals surface area contributed by atoms with Crippen molar-refractivity contribution in [1.82, 2.24) is 0 Å². The van der Waals surface area contributed by atoms with E-state index in [0.717, 1.165) is 0 Å². The molecule has 0 amide bonds. The number of benzene rings is 12. The molecule has 0 N–H and O–H groups in total. The Bertz CT molecular complexity index is 3710. The number of halogens is 6. The van der Waals surface area contributed by atoms with Crippen molar-refractivity contribution in [2.24, 2.45) is 0 Å². The molecule has 0 bridgehead atoms. The third-order valence-corrected chi connectivity index (χ3v) is 15.1. The van der Waals surface area contributed by atoms with Gasteiger partial charge in [-0.25, -0.2) is 0 Å². The van der Waals surface area contributed by atoms with Crippen LogP contribution in [0.3, 0.4) is 0 Å². The highest BCUT2D eigenvalue weighted by Gasteiger charge is 2.45. The summed E-state index contributed by atoms with van der Waals surface area (Å²) in [7, 11) is 6.50. The van der Waals surface area contributed by atoms with Crippen molar-refractivity contribution < 1.29 is 35.8 Å². The number of alkyl halides is 6. The minimum absolute atomic E-state index is 0.160. The van der Waals surface area contributed by atoms with E-state index in [9.17, 15) is 26.3 Å². The molecule has 0 spiro atoms. The molecule has 12 aromatic carbocycles. The Labute approximate surface area is 663 Å². The van der Waals surface area contributed by atoms with Crippen molar-refractivity contribution >= 4 is 0 Å². The van der Waals surface area contributed by atoms with Gasteiger partial charge in [0.25, 0.3) is 0 Å². The van der Waals surface area contributed by atoms with Crippen LogP contribution in [0, 0.1) is 41.5 Å². The first-order chi connectivity index (χ1) is 52.8. The summed E-state index contributed by atoms with van der Waals surface area (Å²) < 4.78 is 70.6. The number of ether oxygens (including phenoxy) is 2. The van der Waals surface area contributed by atoms with Crippen LogP contribution in [-0.2, 0) is 20.3 Å². The first-order valence-corrected chi connectivity index (χ1v) is 38.4. The van der Waals surface area contributed by atoms with Gasteiger partial charge in [-0.1, -0.05) is 458 Å². The first kappa shape index (κ1) is 104. The van der Waals surface area contributed by atoms with Gasteiger partial charge >= 0.3 is 12.4 Å². The highest BCUT2D eigenvalue weighted by Crippen LogP contribution is 2.56. The lowest BCUT2D eigenvalue weighted by atomic mass is 9.68. The van der Waals surface area contributed by atoms with E-state index in [-0.39, 0.29) is 24.7 Å². The fraction of sp³-hybridized carbons (Fsp3) is 0.294. The van der Waals surface area contributed by atoms with E-state index in [0.29, 0.717) is 0 Å². The number of methoxy groups -OCH3 is 2. The third-order valence-electron chi connectivity index (χ3n) is 15.1. The van der Waals surface area contributed by atoms with Gasteiger partial charge in [-0.2, -0.15) is 26.3 Å². The predicted molar refractivity (Wildman–Crippen MR) is 471 cm³/mol. The number of hydrogen-bond donors (Lipinski definition) is 0. The van der Waals surface area contributed by atoms with Gasteiger partial charge in [-0.05, 0) is 108 Å². The van der Waals surface area contributed by atoms with Crippen molar-refractivity contribution in [1.29, 1.82) is 0 Å². The average molecular weight is 1500 g/mol. The second kappa shape index (κ2) is 62.0. The monoisotopic (exact) mass is 1500 g/mol. The highest BCUT2D eigenvalue weighted by molar-refractivity contribution is 5.86. The fourth-order valence-corrected chi connectivity index (χ4v) is 10.7. The van der Waals surface area contributed by atoms with Crippen LogP contribution in [0.2, 0.25) is 0 Å². The summed E-state index contributed by atoms with van der Waals surface area (Å²) >= 11 is 0. The standard InChI is InChI=1S/C25H18.C15H14.C14H14.4C7H8.2C2H3F3.2C2H6O.6C2H6/c1-3-11-19(12-4-1)25(20-13-5-2-6-14-20)23-17-9-7-15-21(23)22-16-8-10-18-24(22)25;1-15(2)13-9-5-3-7-11(13)12-8-4-6-10-14(12)15;1-11-3-7-13(8-4-11)14-9-5-12(2)6-10-14;4*1-7-5-3-2-4-6-7;2*1-2(3,4)5;2*1-3-2;6*1-2/h1-18H;3-10H,1-2H3;3-10H,1-2H3;4*2-6H,1H3;2*1H3;2*1-2H3;6*1-2H3. The zero-order chi connectivity index (χ0) is 84.0. The Morgan fingerprint density at radius 1 is 0.218 bits per heavy atom. The summed E-state index contributed by atoms with van der Waals surface area (Å²) in [5, 5.41) is 0. The molecule has 12 aromatic rings. The number of rotatable bonds is 3. The van der Waals surface area contributed by atoms with Crippen molar-refractivity contribution in [2.75, 3.05) is 28.4 Å². The van der Waals surface area contributed by atoms with Gasteiger partial charge in [-0.3, -0.25) is 0 Å². The normalized spacial score (nSPS) is 10.6. The molecule has 8 heteroatoms. The lowest BCUT2D eigenvalue weighted by molar-refractivity contribution is -0.111. The molecule has 0 fully saturated rings. The highest BCUT2D eigenvalue weighted by atomic mass is 19.4. The van der Waals surface area contributed by atoms with E-state index in [4.69, 9.17) is 0 Å². The lowest BCUT2D eigenvalue weighted by Gasteiger charge is -2.33. The summed E-state index contributed by atoms with van der Waals surface area (Å²) in [5.41, 5.74) is 24.1. The summed E-state index contributed by atoms with van der Waals surface area (Å²) in [5.74, 6) is 0. The van der Waals surface area contributed by atoms with Crippen LogP contribution in [0.1, 0.15) is 178 Å². The quantitative estimate of drug-likeness (QED) is 0.164. The Hall–Kier alpha value is -9.86. The maximum Gasteiger partial charge on any atom is 0.386 e. The maximum atomic E-state index is 10.4. The zero-order valence-electron chi connectivity index (χ0n) is 71.3. The van der Waals surface area contributed by atoms with Crippen molar-refractivity contribution in [3.8, 4) is 33.4 Å². The Balaban J connectivity index is -0.00000120. The van der Waals surface area contributed by atoms with E-state index >= 15 is 0 Å². The van der Waals surface area contributed by atoms with Gasteiger partial charge in [0, 0.05) is 47.7 Å². The second-order valence-electron chi connectivity index (χ2n) is 24.0. The molecule has 0 saturated carbocycles. The Morgan fingerprint density at radius 3 is 0.545 bits per heavy atom. The average Bonchev–Trinajstić information content (AvgIpc) is 1.54. The van der Waals surface area contributed by atoms with E-state index < -0.39 is 12.4 Å². The minimum Gasteiger partial charge on any atom is -0.388 e. The molecule has 0 heterocycles. The van der Waals surface area contributed by atoms with Crippen LogP contribution in [0.5, 0.6) is 0 Å². The molecule has 594 valence electrons. The Morgan fingerprint density at radius 2 is 0.364 bits per heavy atom. The minimum atomic E-state index is -4.00. The summed E-state index contributed by atoms with van der Waals surface area (Å²) in [6.07, 6.45) is -8.00. The second-order valence-corrected chi connectivity index (χ2v) is 24.0. The molecule has 0 unspecified atom stereocenters. The topological polar surface area (TPSA) is 18.5 Å². The predicted octanol–water partition coefficient (Wildman–Crippen LogP) is 31.8. The van der Waals surface area contributed by atoms with Crippen LogP contribution in [-0.4, -0.2) is 40.8 Å². The SMILES string of the molecule is CC.CC.CC.CC.CC.CC.CC(F)(F)F.CC(F)(F)F.CC1(C)c2ccccc2-c2ccccc21.COC.COC.Cc1ccc(-c2ccc(C)cc2)cc1.Cc1ccccc1.Cc1ccccc1.Cc1ccccc1.Cc1ccccc1.c1ccc(C2(c3ccccc3)c3ccccc3-c3ccccc32)cc1. The van der Waals surface area contributed by atoms with Crippen molar-refractivity contribution in [3.63, 3.8) is 0 Å². The maximum absolute atomic E-state index is 10.4. The summed E-state index contributed by atoms with van der Waals surface area (Å²) in [6, 6.07) is 115. The molecule has 0 radical (unpaired) electrons. The zero-order valence-corrected chi connectivity index (χ0v) is 71.3. The van der Waals surface area contributed by atoms with Crippen LogP contribution in [0.15, 0.2) is 328 Å². The number of fused-ring (bicyclic) bond motifs is 6. The molecule has 2 nitrogen and oxygen atoms in total. The summed E-state index contributed by atoms with van der Waals surface area (Å²) in [6.45, 7) is 41.5. The number of hydrogen-bond acceptors (Lipinski definition) is 2. The van der Waals surface area contributed by atoms with Crippen LogP contribution >= 0.6 is 0 Å². The molecule has 110 heavy (non-hydrogen) atoms. The molecular formula is C102H132F6O2. The fourth-order valence-electron chi connectivity index (χ4n) is 10.7. The lowest BCUT2D eigenvalue weighted by Crippen LogP contribution is -2.28. The molecular weight excluding hydrogens is 1370 g/mol. The molecule has 2 aliphatic rings. The van der Waals surface area contributed by atoms with E-state index in [2.05, 4.69) is 320 Å².